The fraction of sp³-hybridized carbons (Fsp3) is 0.125. The Morgan fingerprint density at radius 2 is 2.43 bits per heavy atom. The number of rotatable bonds is 2. The molecule has 0 spiro atoms. The van der Waals surface area contributed by atoms with Crippen LogP contribution in [-0.4, -0.2) is 35.0 Å². The average molecular weight is 257 g/mol. The van der Waals surface area contributed by atoms with E-state index in [1.165, 1.54) is 6.07 Å². The van der Waals surface area contributed by atoms with Gasteiger partial charge in [0.05, 0.1) is 0 Å². The van der Waals surface area contributed by atoms with E-state index in [4.69, 9.17) is 9.52 Å². The van der Waals surface area contributed by atoms with Gasteiger partial charge in [0, 0.05) is 0 Å². The molecule has 2 aromatic rings. The first-order valence-corrected chi connectivity index (χ1v) is 5.55. The van der Waals surface area contributed by atoms with Crippen LogP contribution in [0.5, 0.6) is 0 Å². The Morgan fingerprint density at radius 1 is 1.64 bits per heavy atom. The van der Waals surface area contributed by atoms with Crippen molar-refractivity contribution >= 4 is 20.7 Å². The summed E-state index contributed by atoms with van der Waals surface area (Å²) in [5.41, 5.74) is 0.802. The second kappa shape index (κ2) is 3.40. The van der Waals surface area contributed by atoms with Crippen molar-refractivity contribution in [3.8, 4) is 11.5 Å². The number of aryl methyl sites for hydroxylation is 1. The first-order valence-electron chi connectivity index (χ1n) is 3.79. The van der Waals surface area contributed by atoms with E-state index in [1.807, 2.05) is 4.94 Å². The van der Waals surface area contributed by atoms with Gasteiger partial charge in [-0.2, -0.15) is 0 Å². The fourth-order valence-corrected chi connectivity index (χ4v) is 2.03. The third kappa shape index (κ3) is 1.49. The zero-order valence-electron chi connectivity index (χ0n) is 7.22. The van der Waals surface area contributed by atoms with Crippen LogP contribution in [0.15, 0.2) is 15.4 Å². The van der Waals surface area contributed by atoms with Gasteiger partial charge in [0.2, 0.25) is 0 Å². The predicted molar refractivity (Wildman–Crippen MR) is 48.4 cm³/mol. The molecule has 0 aliphatic carbocycles. The molecule has 0 saturated heterocycles. The van der Waals surface area contributed by atoms with Crippen molar-refractivity contribution in [3.05, 3.63) is 22.3 Å². The molecule has 0 saturated carbocycles. The molecule has 5 nitrogen and oxygen atoms in total. The summed E-state index contributed by atoms with van der Waals surface area (Å²) in [5, 5.41) is 12.6. The number of furan rings is 1. The Bertz CT molecular complexity index is 461. The summed E-state index contributed by atoms with van der Waals surface area (Å²) in [5.74, 6) is -0.121. The number of carboxylic acid groups (broad SMARTS) is 1. The van der Waals surface area contributed by atoms with Crippen molar-refractivity contribution < 1.29 is 14.3 Å². The molecule has 0 fully saturated rings. The molecule has 0 aromatic carbocycles. The number of hydrogen-bond donors (Lipinski definition) is 1. The minimum atomic E-state index is -0.987. The molecule has 0 amide bonds. The summed E-state index contributed by atoms with van der Waals surface area (Å²) < 4.78 is 9.08. The molecule has 0 aliphatic rings. The van der Waals surface area contributed by atoms with E-state index in [2.05, 4.69) is 9.19 Å². The van der Waals surface area contributed by atoms with Crippen LogP contribution in [0.25, 0.3) is 11.5 Å². The average Bonchev–Trinajstić information content (AvgIpc) is 2.70. The van der Waals surface area contributed by atoms with E-state index in [0.29, 0.717) is 17.2 Å². The molecule has 0 radical (unpaired) electrons. The second-order valence-electron chi connectivity index (χ2n) is 2.68. The first-order chi connectivity index (χ1) is 6.68. The van der Waals surface area contributed by atoms with E-state index < -0.39 is 5.97 Å². The van der Waals surface area contributed by atoms with Crippen molar-refractivity contribution in [1.82, 2.24) is 9.19 Å². The van der Waals surface area contributed by atoms with E-state index >= 15 is 0 Å². The van der Waals surface area contributed by atoms with E-state index in [1.54, 1.807) is 6.92 Å². The zero-order valence-corrected chi connectivity index (χ0v) is 8.93. The molecule has 6 heteroatoms. The third-order valence-corrected chi connectivity index (χ3v) is 2.82. The molecule has 0 bridgehead atoms. The minimum absolute atomic E-state index is 0.0272. The monoisotopic (exact) mass is 258 g/mol. The molecule has 1 N–H and O–H groups in total. The molecule has 0 unspecified atom stereocenters. The van der Waals surface area contributed by atoms with Crippen LogP contribution in [0.3, 0.4) is 0 Å². The Kier molecular flexibility index (Phi) is 2.23. The topological polar surface area (TPSA) is 76.2 Å². The van der Waals surface area contributed by atoms with Gasteiger partial charge in [0.25, 0.3) is 0 Å². The van der Waals surface area contributed by atoms with Gasteiger partial charge >= 0.3 is 84.9 Å². The van der Waals surface area contributed by atoms with Crippen molar-refractivity contribution in [3.63, 3.8) is 0 Å². The summed E-state index contributed by atoms with van der Waals surface area (Å²) in [6.07, 6.45) is 0. The molecule has 2 rings (SSSR count). The summed E-state index contributed by atoms with van der Waals surface area (Å²) in [7, 11) is 0. The molecule has 2 heterocycles. The normalized spacial score (nSPS) is 10.4. The molecule has 0 aliphatic heterocycles. The number of aromatic nitrogens is 2. The van der Waals surface area contributed by atoms with Gasteiger partial charge in [-0.15, -0.1) is 0 Å². The standard InChI is InChI=1S/C8H6N2O3Se/c1-4-5(8(11)12)2-7(13-4)6-3-14-10-9-6/h2-3H,1H3,(H,11,12). The van der Waals surface area contributed by atoms with Crippen LogP contribution >= 0.6 is 0 Å². The third-order valence-electron chi connectivity index (χ3n) is 1.76. The number of nitrogens with zero attached hydrogens (tertiary/aromatic N) is 2. The van der Waals surface area contributed by atoms with Crippen molar-refractivity contribution in [1.29, 1.82) is 0 Å². The first kappa shape index (κ1) is 9.18. The van der Waals surface area contributed by atoms with Gasteiger partial charge in [-0.3, -0.25) is 0 Å². The van der Waals surface area contributed by atoms with Crippen molar-refractivity contribution in [2.24, 2.45) is 0 Å². The van der Waals surface area contributed by atoms with Crippen molar-refractivity contribution in [2.45, 2.75) is 6.92 Å². The molecule has 2 aromatic heterocycles. The van der Waals surface area contributed by atoms with Crippen LogP contribution in [0, 0.1) is 6.92 Å². The summed E-state index contributed by atoms with van der Waals surface area (Å²) in [6.45, 7) is 1.62. The number of aromatic carboxylic acids is 1. The predicted octanol–water partition coefficient (Wildman–Crippen LogP) is 0.800. The van der Waals surface area contributed by atoms with Crippen LogP contribution in [0.4, 0.5) is 0 Å². The summed E-state index contributed by atoms with van der Waals surface area (Å²) in [6, 6.07) is 1.48. The Morgan fingerprint density at radius 3 is 2.93 bits per heavy atom. The molecule has 14 heavy (non-hydrogen) atoms. The maximum absolute atomic E-state index is 10.7. The second-order valence-corrected chi connectivity index (χ2v) is 3.96. The van der Waals surface area contributed by atoms with Gasteiger partial charge in [-0.05, 0) is 0 Å². The van der Waals surface area contributed by atoms with E-state index in [0.717, 1.165) is 0 Å². The number of carbonyl (C=O) groups is 1. The molecular formula is C8H6N2O3Se. The summed E-state index contributed by atoms with van der Waals surface area (Å²) in [4.78, 5) is 12.6. The van der Waals surface area contributed by atoms with Gasteiger partial charge in [-0.25, -0.2) is 0 Å². The number of carboxylic acids is 1. The van der Waals surface area contributed by atoms with E-state index in [9.17, 15) is 4.79 Å². The molecule has 0 atom stereocenters. The summed E-state index contributed by atoms with van der Waals surface area (Å²) >= 11 is 0.0272. The van der Waals surface area contributed by atoms with Crippen LogP contribution in [0.1, 0.15) is 16.1 Å². The quantitative estimate of drug-likeness (QED) is 0.805. The Hall–Kier alpha value is -1.39. The van der Waals surface area contributed by atoms with Crippen LogP contribution < -0.4 is 0 Å². The van der Waals surface area contributed by atoms with Crippen LogP contribution in [0.2, 0.25) is 0 Å². The Labute approximate surface area is 85.4 Å². The van der Waals surface area contributed by atoms with Gasteiger partial charge in [-0.1, -0.05) is 0 Å². The fourth-order valence-electron chi connectivity index (χ4n) is 1.09. The molecular weight excluding hydrogens is 251 g/mol. The SMILES string of the molecule is Cc1oc(-c2c[se]nn2)cc1C(=O)O. The van der Waals surface area contributed by atoms with Gasteiger partial charge in [0.15, 0.2) is 0 Å². The van der Waals surface area contributed by atoms with Gasteiger partial charge < -0.3 is 0 Å². The number of hydrogen-bond acceptors (Lipinski definition) is 4. The van der Waals surface area contributed by atoms with Crippen molar-refractivity contribution in [2.75, 3.05) is 0 Å². The van der Waals surface area contributed by atoms with E-state index in [-0.39, 0.29) is 20.3 Å². The molecule has 72 valence electrons. The van der Waals surface area contributed by atoms with Crippen LogP contribution in [-0.2, 0) is 0 Å². The maximum atomic E-state index is 10.7. The Balaban J connectivity index is 2.48. The van der Waals surface area contributed by atoms with Gasteiger partial charge in [0.1, 0.15) is 0 Å². The zero-order chi connectivity index (χ0) is 10.1.